The molecule has 0 aliphatic rings. The van der Waals surface area contributed by atoms with E-state index in [1.54, 1.807) is 0 Å². The van der Waals surface area contributed by atoms with E-state index in [-0.39, 0.29) is 37.5 Å². The zero-order chi connectivity index (χ0) is 53.6. The van der Waals surface area contributed by atoms with Gasteiger partial charge in [-0.25, -0.2) is 0 Å². The lowest BCUT2D eigenvalue weighted by Crippen LogP contribution is -2.30. The van der Waals surface area contributed by atoms with Gasteiger partial charge >= 0.3 is 17.9 Å². The molecule has 0 aliphatic heterocycles. The van der Waals surface area contributed by atoms with Gasteiger partial charge in [0.15, 0.2) is 6.10 Å². The summed E-state index contributed by atoms with van der Waals surface area (Å²) < 4.78 is 16.9. The Hall–Kier alpha value is -3.41. The summed E-state index contributed by atoms with van der Waals surface area (Å²) in [6.07, 6.45) is 81.7. The van der Waals surface area contributed by atoms with E-state index >= 15 is 0 Å². The van der Waals surface area contributed by atoms with Crippen molar-refractivity contribution in [3.05, 3.63) is 85.1 Å². The molecule has 6 nitrogen and oxygen atoms in total. The van der Waals surface area contributed by atoms with Crippen molar-refractivity contribution in [1.29, 1.82) is 0 Å². The van der Waals surface area contributed by atoms with Crippen LogP contribution < -0.4 is 0 Å². The fraction of sp³-hybridized carbons (Fsp3) is 0.750. The first-order chi connectivity index (χ1) is 36.5. The molecular weight excluding hydrogens is 913 g/mol. The number of carbonyl (C=O) groups is 3. The summed E-state index contributed by atoms with van der Waals surface area (Å²) >= 11 is 0. The molecule has 0 heterocycles. The molecule has 0 spiro atoms. The van der Waals surface area contributed by atoms with Crippen LogP contribution >= 0.6 is 0 Å². The number of hydrogen-bond acceptors (Lipinski definition) is 6. The normalized spacial score (nSPS) is 12.6. The first-order valence-electron chi connectivity index (χ1n) is 31.6. The monoisotopic (exact) mass is 1030 g/mol. The van der Waals surface area contributed by atoms with Crippen molar-refractivity contribution < 1.29 is 28.6 Å². The Bertz CT molecular complexity index is 1420. The van der Waals surface area contributed by atoms with Gasteiger partial charge in [0.05, 0.1) is 0 Å². The van der Waals surface area contributed by atoms with Gasteiger partial charge in [-0.15, -0.1) is 0 Å². The number of unbranched alkanes of at least 4 members (excludes halogenated alkanes) is 32. The Kier molecular flexibility index (Phi) is 59.3. The van der Waals surface area contributed by atoms with Gasteiger partial charge in [0.1, 0.15) is 13.2 Å². The highest BCUT2D eigenvalue weighted by molar-refractivity contribution is 5.71. The number of carbonyl (C=O) groups excluding carboxylic acids is 3. The molecule has 0 aromatic heterocycles. The summed E-state index contributed by atoms with van der Waals surface area (Å²) in [5.74, 6) is -0.938. The highest BCUT2D eigenvalue weighted by Crippen LogP contribution is 2.17. The number of allylic oxidation sites excluding steroid dienone is 14. The summed E-state index contributed by atoms with van der Waals surface area (Å²) in [4.78, 5) is 38.2. The zero-order valence-electron chi connectivity index (χ0n) is 48.8. The molecule has 0 aliphatic carbocycles. The van der Waals surface area contributed by atoms with Crippen LogP contribution in [-0.2, 0) is 28.6 Å². The van der Waals surface area contributed by atoms with Gasteiger partial charge in [-0.1, -0.05) is 286 Å². The van der Waals surface area contributed by atoms with Crippen LogP contribution in [0, 0.1) is 0 Å². The van der Waals surface area contributed by atoms with Crippen LogP contribution in [0.5, 0.6) is 0 Å². The van der Waals surface area contributed by atoms with Gasteiger partial charge in [0.2, 0.25) is 0 Å². The van der Waals surface area contributed by atoms with Gasteiger partial charge in [-0.3, -0.25) is 14.4 Å². The molecule has 426 valence electrons. The Morgan fingerprint density at radius 2 is 0.541 bits per heavy atom. The maximum absolute atomic E-state index is 12.9. The minimum absolute atomic E-state index is 0.0946. The van der Waals surface area contributed by atoms with Crippen LogP contribution in [0.15, 0.2) is 85.1 Å². The van der Waals surface area contributed by atoms with Crippen molar-refractivity contribution in [3.63, 3.8) is 0 Å². The second kappa shape index (κ2) is 62.1. The van der Waals surface area contributed by atoms with E-state index in [9.17, 15) is 14.4 Å². The molecule has 0 bridgehead atoms. The fourth-order valence-corrected chi connectivity index (χ4v) is 8.90. The number of rotatable bonds is 57. The Labute approximate surface area is 458 Å². The molecule has 1 unspecified atom stereocenters. The third kappa shape index (κ3) is 59.5. The molecule has 0 rings (SSSR count). The van der Waals surface area contributed by atoms with Gasteiger partial charge in [0.25, 0.3) is 0 Å². The van der Waals surface area contributed by atoms with Crippen molar-refractivity contribution in [2.45, 2.75) is 316 Å². The van der Waals surface area contributed by atoms with Gasteiger partial charge in [-0.05, 0) is 89.9 Å². The summed E-state index contributed by atoms with van der Waals surface area (Å²) in [7, 11) is 0. The smallest absolute Gasteiger partial charge is 0.306 e. The largest absolute Gasteiger partial charge is 0.462 e. The van der Waals surface area contributed by atoms with Crippen molar-refractivity contribution in [2.75, 3.05) is 13.2 Å². The van der Waals surface area contributed by atoms with Gasteiger partial charge in [0, 0.05) is 19.3 Å². The average Bonchev–Trinajstić information content (AvgIpc) is 3.40. The third-order valence-electron chi connectivity index (χ3n) is 13.6. The number of ether oxygens (including phenoxy) is 3. The molecule has 0 aromatic rings. The van der Waals surface area contributed by atoms with Crippen LogP contribution in [0.1, 0.15) is 310 Å². The highest BCUT2D eigenvalue weighted by atomic mass is 16.6. The highest BCUT2D eigenvalue weighted by Gasteiger charge is 2.19. The maximum atomic E-state index is 12.9. The van der Waals surface area contributed by atoms with Gasteiger partial charge in [-0.2, -0.15) is 0 Å². The summed E-state index contributed by atoms with van der Waals surface area (Å²) in [5, 5.41) is 0. The molecule has 0 N–H and O–H groups in total. The second-order valence-corrected chi connectivity index (χ2v) is 20.9. The van der Waals surface area contributed by atoms with Crippen molar-refractivity contribution >= 4 is 17.9 Å². The zero-order valence-corrected chi connectivity index (χ0v) is 48.8. The first-order valence-corrected chi connectivity index (χ1v) is 31.6. The van der Waals surface area contributed by atoms with Crippen LogP contribution in [-0.4, -0.2) is 37.2 Å². The van der Waals surface area contributed by atoms with E-state index in [1.807, 2.05) is 0 Å². The molecule has 74 heavy (non-hydrogen) atoms. The van der Waals surface area contributed by atoms with Crippen LogP contribution in [0.3, 0.4) is 0 Å². The minimum atomic E-state index is -0.802. The Morgan fingerprint density at radius 1 is 0.284 bits per heavy atom. The Balaban J connectivity index is 4.32. The molecule has 0 saturated heterocycles. The van der Waals surface area contributed by atoms with Crippen molar-refractivity contribution in [3.8, 4) is 0 Å². The predicted molar refractivity (Wildman–Crippen MR) is 321 cm³/mol. The fourth-order valence-electron chi connectivity index (χ4n) is 8.90. The molecular formula is C68H118O6. The van der Waals surface area contributed by atoms with E-state index in [0.717, 1.165) is 103 Å². The number of esters is 3. The quantitative estimate of drug-likeness (QED) is 0.0261. The molecule has 0 amide bonds. The summed E-state index contributed by atoms with van der Waals surface area (Å²) in [6.45, 7) is 6.48. The van der Waals surface area contributed by atoms with Gasteiger partial charge < -0.3 is 14.2 Å². The maximum Gasteiger partial charge on any atom is 0.306 e. The predicted octanol–water partition coefficient (Wildman–Crippen LogP) is 21.5. The molecule has 1 atom stereocenters. The molecule has 0 fully saturated rings. The third-order valence-corrected chi connectivity index (χ3v) is 13.6. The Morgan fingerprint density at radius 3 is 0.905 bits per heavy atom. The topological polar surface area (TPSA) is 78.9 Å². The second-order valence-electron chi connectivity index (χ2n) is 20.9. The van der Waals surface area contributed by atoms with Crippen molar-refractivity contribution in [2.24, 2.45) is 0 Å². The van der Waals surface area contributed by atoms with E-state index in [2.05, 4.69) is 106 Å². The molecule has 6 heteroatoms. The summed E-state index contributed by atoms with van der Waals surface area (Å²) in [6, 6.07) is 0. The first kappa shape index (κ1) is 70.6. The minimum Gasteiger partial charge on any atom is -0.462 e. The van der Waals surface area contributed by atoms with E-state index in [0.29, 0.717) is 19.3 Å². The van der Waals surface area contributed by atoms with Crippen molar-refractivity contribution in [1.82, 2.24) is 0 Å². The standard InChI is InChI=1S/C68H118O6/c1-4-7-10-13-16-19-22-24-26-28-30-32-33-34-36-37-39-41-43-46-49-52-55-58-61-67(70)73-64-65(63-72-66(69)60-57-54-51-48-45-21-18-15-12-9-6-3)74-68(71)62-59-56-53-50-47-44-42-40-38-35-31-29-27-25-23-20-17-14-11-8-5-2/h8,11,15,17-18,20,25,27,31,35,40,42,47,50,65H,4-7,9-10,12-14,16,19,21-24,26,28-30,32-34,36-39,41,43-46,48-49,51-64H2,1-3H3/b11-8-,18-15-,20-17-,27-25-,35-31-,42-40-,50-47-. The van der Waals surface area contributed by atoms with Crippen LogP contribution in [0.2, 0.25) is 0 Å². The van der Waals surface area contributed by atoms with E-state index in [1.165, 1.54) is 161 Å². The lowest BCUT2D eigenvalue weighted by atomic mass is 10.0. The van der Waals surface area contributed by atoms with Crippen LogP contribution in [0.25, 0.3) is 0 Å². The SMILES string of the molecule is CC/C=C\C/C=C\C/C=C\C/C=C\C/C=C\C/C=C\CCCCC(=O)OC(COC(=O)CCCCCCC/C=C\CCCC)COC(=O)CCCCCCCCCCCCCCCCCCCCCCCCCC. The lowest BCUT2D eigenvalue weighted by Gasteiger charge is -2.18. The molecule has 0 radical (unpaired) electrons. The number of hydrogen-bond donors (Lipinski definition) is 0. The molecule has 0 saturated carbocycles. The summed E-state index contributed by atoms with van der Waals surface area (Å²) in [5.41, 5.74) is 0. The average molecular weight is 1030 g/mol. The lowest BCUT2D eigenvalue weighted by molar-refractivity contribution is -0.167. The van der Waals surface area contributed by atoms with E-state index < -0.39 is 6.10 Å². The van der Waals surface area contributed by atoms with E-state index in [4.69, 9.17) is 14.2 Å². The molecule has 0 aromatic carbocycles. The van der Waals surface area contributed by atoms with Crippen LogP contribution in [0.4, 0.5) is 0 Å².